The number of primary amides is 1. The van der Waals surface area contributed by atoms with Crippen LogP contribution in [0.2, 0.25) is 0 Å². The molecule has 0 radical (unpaired) electrons. The number of nitrogens with two attached hydrogens (primary N) is 1. The highest BCUT2D eigenvalue weighted by Gasteiger charge is 1.93. The number of hydrogen-bond donors (Lipinski definition) is 3. The maximum absolute atomic E-state index is 10.4. The Labute approximate surface area is 75.8 Å². The standard InChI is InChI=1S/C7H7NO.HO3P/c8-7(9)6-4-2-1-3-5-6;1-4(2)3/h1-5H,(H2,8,9);(H-,1,2,3)/p+1. The number of amides is 1. The van der Waals surface area contributed by atoms with E-state index >= 15 is 0 Å². The molecule has 0 aliphatic rings. The molecule has 0 aliphatic heterocycles. The van der Waals surface area contributed by atoms with Gasteiger partial charge < -0.3 is 5.73 Å². The van der Waals surface area contributed by atoms with Crippen molar-refractivity contribution < 1.29 is 19.1 Å². The average Bonchev–Trinajstić information content (AvgIpc) is 2.05. The molecular weight excluding hydrogens is 193 g/mol. The molecule has 1 aromatic rings. The van der Waals surface area contributed by atoms with Crippen molar-refractivity contribution in [2.24, 2.45) is 5.73 Å². The van der Waals surface area contributed by atoms with E-state index in [9.17, 15) is 4.79 Å². The first-order chi connectivity index (χ1) is 6.04. The van der Waals surface area contributed by atoms with E-state index in [1.54, 1.807) is 24.3 Å². The SMILES string of the molecule is NC(=O)c1ccccc1.O=[P+](O)O. The summed E-state index contributed by atoms with van der Waals surface area (Å²) in [6, 6.07) is 8.76. The fourth-order valence-electron chi connectivity index (χ4n) is 0.602. The Morgan fingerprint density at radius 3 is 1.85 bits per heavy atom. The van der Waals surface area contributed by atoms with Crippen LogP contribution < -0.4 is 5.73 Å². The monoisotopic (exact) mass is 202 g/mol. The number of carbonyl (C=O) groups excluding carboxylic acids is 1. The third-order valence-corrected chi connectivity index (χ3v) is 1.06. The van der Waals surface area contributed by atoms with Crippen molar-refractivity contribution in [3.05, 3.63) is 35.9 Å². The van der Waals surface area contributed by atoms with Gasteiger partial charge in [-0.05, 0) is 12.1 Å². The molecule has 4 N–H and O–H groups in total. The lowest BCUT2D eigenvalue weighted by atomic mass is 10.2. The number of benzene rings is 1. The van der Waals surface area contributed by atoms with E-state index in [1.165, 1.54) is 0 Å². The minimum absolute atomic E-state index is 0.379. The van der Waals surface area contributed by atoms with Gasteiger partial charge in [0.15, 0.2) is 0 Å². The molecule has 0 unspecified atom stereocenters. The van der Waals surface area contributed by atoms with Crippen LogP contribution in [0.25, 0.3) is 0 Å². The van der Waals surface area contributed by atoms with E-state index in [1.807, 2.05) is 6.07 Å². The molecule has 1 amide bonds. The highest BCUT2D eigenvalue weighted by molar-refractivity contribution is 7.30. The highest BCUT2D eigenvalue weighted by atomic mass is 31.1. The first kappa shape index (κ1) is 11.7. The Morgan fingerprint density at radius 1 is 1.23 bits per heavy atom. The van der Waals surface area contributed by atoms with Crippen molar-refractivity contribution in [2.75, 3.05) is 0 Å². The lowest BCUT2D eigenvalue weighted by Crippen LogP contribution is -2.09. The number of rotatable bonds is 1. The van der Waals surface area contributed by atoms with Crippen molar-refractivity contribution >= 4 is 14.2 Å². The summed E-state index contributed by atoms with van der Waals surface area (Å²) in [5, 5.41) is 0. The molecule has 0 aliphatic carbocycles. The van der Waals surface area contributed by atoms with E-state index in [2.05, 4.69) is 0 Å². The second kappa shape index (κ2) is 6.25. The van der Waals surface area contributed by atoms with Crippen LogP contribution in [-0.4, -0.2) is 15.7 Å². The van der Waals surface area contributed by atoms with Gasteiger partial charge in [-0.2, -0.15) is 0 Å². The molecule has 0 fully saturated rings. The Hall–Kier alpha value is -1.29. The summed E-state index contributed by atoms with van der Waals surface area (Å²) in [6.45, 7) is 0. The average molecular weight is 202 g/mol. The van der Waals surface area contributed by atoms with Crippen LogP contribution in [0.3, 0.4) is 0 Å². The predicted octanol–water partition coefficient (Wildman–Crippen LogP) is 0.414. The van der Waals surface area contributed by atoms with E-state index < -0.39 is 8.25 Å². The third kappa shape index (κ3) is 7.08. The van der Waals surface area contributed by atoms with Gasteiger partial charge in [0.1, 0.15) is 0 Å². The predicted molar refractivity (Wildman–Crippen MR) is 47.0 cm³/mol. The van der Waals surface area contributed by atoms with Crippen LogP contribution in [0.4, 0.5) is 0 Å². The van der Waals surface area contributed by atoms with Gasteiger partial charge in [0.2, 0.25) is 5.91 Å². The van der Waals surface area contributed by atoms with Crippen LogP contribution in [0.5, 0.6) is 0 Å². The second-order valence-electron chi connectivity index (χ2n) is 1.98. The molecule has 0 spiro atoms. The molecule has 1 aromatic carbocycles. The summed E-state index contributed by atoms with van der Waals surface area (Å²) < 4.78 is 8.70. The molecule has 0 heterocycles. The van der Waals surface area contributed by atoms with Gasteiger partial charge >= 0.3 is 8.25 Å². The molecule has 0 atom stereocenters. The van der Waals surface area contributed by atoms with E-state index in [4.69, 9.17) is 20.1 Å². The largest absolute Gasteiger partial charge is 0.692 e. The van der Waals surface area contributed by atoms with Crippen molar-refractivity contribution in [1.82, 2.24) is 0 Å². The van der Waals surface area contributed by atoms with Gasteiger partial charge in [0.05, 0.1) is 0 Å². The Balaban J connectivity index is 0.000000310. The molecule has 13 heavy (non-hydrogen) atoms. The van der Waals surface area contributed by atoms with Gasteiger partial charge in [-0.25, -0.2) is 0 Å². The maximum Gasteiger partial charge on any atom is 0.692 e. The maximum atomic E-state index is 10.4. The van der Waals surface area contributed by atoms with Crippen LogP contribution in [0.15, 0.2) is 30.3 Å². The van der Waals surface area contributed by atoms with Crippen molar-refractivity contribution in [3.8, 4) is 0 Å². The highest BCUT2D eigenvalue weighted by Crippen LogP contribution is 1.98. The molecule has 1 rings (SSSR count). The van der Waals surface area contributed by atoms with Gasteiger partial charge in [0, 0.05) is 10.1 Å². The van der Waals surface area contributed by atoms with E-state index in [0.29, 0.717) is 5.56 Å². The summed E-state index contributed by atoms with van der Waals surface area (Å²) in [5.74, 6) is -0.379. The quantitative estimate of drug-likeness (QED) is 0.574. The Kier molecular flexibility index (Phi) is 5.63. The third-order valence-electron chi connectivity index (χ3n) is 1.06. The van der Waals surface area contributed by atoms with Crippen molar-refractivity contribution in [3.63, 3.8) is 0 Å². The Bertz CT molecular complexity index is 284. The van der Waals surface area contributed by atoms with E-state index in [0.717, 1.165) is 0 Å². The van der Waals surface area contributed by atoms with Gasteiger partial charge in [-0.1, -0.05) is 18.2 Å². The molecule has 0 bridgehead atoms. The fourth-order valence-corrected chi connectivity index (χ4v) is 0.602. The zero-order valence-electron chi connectivity index (χ0n) is 6.62. The van der Waals surface area contributed by atoms with Crippen LogP contribution in [0.1, 0.15) is 10.4 Å². The molecule has 6 heteroatoms. The van der Waals surface area contributed by atoms with Crippen molar-refractivity contribution in [1.29, 1.82) is 0 Å². The first-order valence-electron chi connectivity index (χ1n) is 3.24. The lowest BCUT2D eigenvalue weighted by Gasteiger charge is -1.89. The summed E-state index contributed by atoms with van der Waals surface area (Å²) in [5.41, 5.74) is 5.53. The smallest absolute Gasteiger partial charge is 0.366 e. The zero-order chi connectivity index (χ0) is 10.3. The van der Waals surface area contributed by atoms with Gasteiger partial charge in [-0.3, -0.25) is 4.79 Å². The van der Waals surface area contributed by atoms with Crippen LogP contribution >= 0.6 is 8.25 Å². The summed E-state index contributed by atoms with van der Waals surface area (Å²) in [4.78, 5) is 24.7. The fraction of sp³-hybridized carbons (Fsp3) is 0. The second-order valence-corrected chi connectivity index (χ2v) is 2.49. The normalized spacial score (nSPS) is 8.15. The molecule has 0 saturated carbocycles. The molecular formula is C7H9NO4P+. The zero-order valence-corrected chi connectivity index (χ0v) is 7.52. The number of hydrogen-bond acceptors (Lipinski definition) is 2. The lowest BCUT2D eigenvalue weighted by molar-refractivity contribution is 0.100. The molecule has 0 saturated heterocycles. The van der Waals surface area contributed by atoms with Gasteiger partial charge in [-0.15, -0.1) is 9.79 Å². The summed E-state index contributed by atoms with van der Waals surface area (Å²) in [7, 11) is -2.87. The minimum atomic E-state index is -2.87. The Morgan fingerprint density at radius 2 is 1.62 bits per heavy atom. The summed E-state index contributed by atoms with van der Waals surface area (Å²) >= 11 is 0. The molecule has 70 valence electrons. The van der Waals surface area contributed by atoms with E-state index in [-0.39, 0.29) is 5.91 Å². The van der Waals surface area contributed by atoms with Crippen LogP contribution in [0, 0.1) is 0 Å². The van der Waals surface area contributed by atoms with Crippen molar-refractivity contribution in [2.45, 2.75) is 0 Å². The number of carbonyl (C=O) groups is 1. The van der Waals surface area contributed by atoms with Gasteiger partial charge in [0.25, 0.3) is 0 Å². The first-order valence-corrected chi connectivity index (χ1v) is 4.40. The van der Waals surface area contributed by atoms with Crippen LogP contribution in [-0.2, 0) is 4.57 Å². The topological polar surface area (TPSA) is 101 Å². The minimum Gasteiger partial charge on any atom is -0.366 e. The summed E-state index contributed by atoms with van der Waals surface area (Å²) in [6.07, 6.45) is 0. The molecule has 0 aromatic heterocycles. The molecule has 5 nitrogen and oxygen atoms in total.